The third kappa shape index (κ3) is 4.90. The number of hydrogen-bond donors (Lipinski definition) is 2. The zero-order valence-corrected chi connectivity index (χ0v) is 18.9. The lowest BCUT2D eigenvalue weighted by molar-refractivity contribution is -0.384. The fourth-order valence-electron chi connectivity index (χ4n) is 3.95. The molecule has 0 radical (unpaired) electrons. The van der Waals surface area contributed by atoms with Crippen LogP contribution >= 0.6 is 0 Å². The van der Waals surface area contributed by atoms with Gasteiger partial charge in [-0.15, -0.1) is 0 Å². The van der Waals surface area contributed by atoms with Crippen LogP contribution in [-0.4, -0.2) is 37.9 Å². The summed E-state index contributed by atoms with van der Waals surface area (Å²) in [6.07, 6.45) is 1.06. The fraction of sp³-hybridized carbons (Fsp3) is 0.304. The first-order chi connectivity index (χ1) is 16.7. The van der Waals surface area contributed by atoms with Crippen LogP contribution in [0.4, 0.5) is 10.5 Å². The molecule has 0 bridgehead atoms. The van der Waals surface area contributed by atoms with Gasteiger partial charge in [0.25, 0.3) is 11.6 Å². The largest absolute Gasteiger partial charge is 0.419 e. The summed E-state index contributed by atoms with van der Waals surface area (Å²) in [5.41, 5.74) is 2.44. The standard InChI is InChI=1S/C23H23N5O7/c1-23(12-11-15-6-3-2-4-7-15)20(30)27(21(31)24-23)25-19(29)8-5-13-26-17-10-9-16(28(33)34)14-18(17)35-22(26)32/h2-4,6-7,9-10,14H,5,8,11-13H2,1H3,(H,24,31)(H,25,29). The first kappa shape index (κ1) is 23.7. The Bertz CT molecular complexity index is 1360. The minimum atomic E-state index is -1.15. The Labute approximate surface area is 198 Å². The van der Waals surface area contributed by atoms with E-state index in [0.717, 1.165) is 11.6 Å². The molecule has 12 heteroatoms. The quantitative estimate of drug-likeness (QED) is 0.270. The number of nitro benzene ring substituents is 1. The fourth-order valence-corrected chi connectivity index (χ4v) is 3.95. The minimum Gasteiger partial charge on any atom is -0.407 e. The second-order valence-corrected chi connectivity index (χ2v) is 8.46. The van der Waals surface area contributed by atoms with Gasteiger partial charge in [0.05, 0.1) is 16.5 Å². The molecule has 4 rings (SSSR count). The Balaban J connectivity index is 1.33. The van der Waals surface area contributed by atoms with Crippen molar-refractivity contribution in [3.05, 3.63) is 74.8 Å². The van der Waals surface area contributed by atoms with E-state index < -0.39 is 34.1 Å². The van der Waals surface area contributed by atoms with Gasteiger partial charge in [-0.2, -0.15) is 5.01 Å². The first-order valence-corrected chi connectivity index (χ1v) is 11.0. The Kier molecular flexibility index (Phi) is 6.36. The molecule has 4 amide bonds. The molecule has 3 aromatic rings. The number of carbonyl (C=O) groups is 3. The smallest absolute Gasteiger partial charge is 0.407 e. The maximum Gasteiger partial charge on any atom is 0.419 e. The highest BCUT2D eigenvalue weighted by Crippen LogP contribution is 2.23. The Hall–Kier alpha value is -4.48. The predicted molar refractivity (Wildman–Crippen MR) is 123 cm³/mol. The van der Waals surface area contributed by atoms with Crippen molar-refractivity contribution in [2.24, 2.45) is 0 Å². The summed E-state index contributed by atoms with van der Waals surface area (Å²) in [6.45, 7) is 1.72. The molecule has 35 heavy (non-hydrogen) atoms. The van der Waals surface area contributed by atoms with Crippen LogP contribution in [0.3, 0.4) is 0 Å². The van der Waals surface area contributed by atoms with Gasteiger partial charge in [-0.25, -0.2) is 9.59 Å². The van der Waals surface area contributed by atoms with Gasteiger partial charge in [-0.05, 0) is 37.8 Å². The van der Waals surface area contributed by atoms with E-state index >= 15 is 0 Å². The Morgan fingerprint density at radius 3 is 2.63 bits per heavy atom. The highest BCUT2D eigenvalue weighted by molar-refractivity contribution is 6.07. The van der Waals surface area contributed by atoms with E-state index in [9.17, 15) is 29.3 Å². The van der Waals surface area contributed by atoms with E-state index in [1.165, 1.54) is 16.7 Å². The second-order valence-electron chi connectivity index (χ2n) is 8.46. The molecule has 1 fully saturated rings. The molecule has 2 N–H and O–H groups in total. The van der Waals surface area contributed by atoms with E-state index in [-0.39, 0.29) is 30.7 Å². The van der Waals surface area contributed by atoms with Crippen molar-refractivity contribution >= 4 is 34.6 Å². The SMILES string of the molecule is CC1(CCc2ccccc2)NC(=O)N(NC(=O)CCCn2c(=O)oc3cc([N+](=O)[O-])ccc32)C1=O. The lowest BCUT2D eigenvalue weighted by Gasteiger charge is -2.21. The summed E-state index contributed by atoms with van der Waals surface area (Å²) >= 11 is 0. The molecule has 12 nitrogen and oxygen atoms in total. The zero-order valence-electron chi connectivity index (χ0n) is 18.9. The van der Waals surface area contributed by atoms with Crippen molar-refractivity contribution in [2.75, 3.05) is 0 Å². The van der Waals surface area contributed by atoms with Crippen LogP contribution in [0.5, 0.6) is 0 Å². The average Bonchev–Trinajstić information content (AvgIpc) is 3.25. The molecule has 2 aromatic carbocycles. The lowest BCUT2D eigenvalue weighted by atomic mass is 9.93. The van der Waals surface area contributed by atoms with E-state index in [1.807, 2.05) is 30.3 Å². The molecule has 1 atom stereocenters. The molecule has 1 saturated heterocycles. The molecule has 1 aliphatic rings. The van der Waals surface area contributed by atoms with Crippen LogP contribution in [0.1, 0.15) is 31.7 Å². The van der Waals surface area contributed by atoms with Gasteiger partial charge in [0.15, 0.2) is 5.58 Å². The summed E-state index contributed by atoms with van der Waals surface area (Å²) in [7, 11) is 0. The minimum absolute atomic E-state index is 0.0720. The number of non-ortho nitro benzene ring substituents is 1. The van der Waals surface area contributed by atoms with Crippen LogP contribution in [-0.2, 0) is 22.6 Å². The number of aryl methyl sites for hydroxylation is 2. The van der Waals surface area contributed by atoms with Crippen LogP contribution in [0.2, 0.25) is 0 Å². The van der Waals surface area contributed by atoms with Crippen LogP contribution in [0.15, 0.2) is 57.7 Å². The molecule has 1 unspecified atom stereocenters. The van der Waals surface area contributed by atoms with E-state index in [1.54, 1.807) is 6.92 Å². The van der Waals surface area contributed by atoms with E-state index in [0.29, 0.717) is 23.4 Å². The molecule has 0 saturated carbocycles. The van der Waals surface area contributed by atoms with Crippen molar-refractivity contribution in [3.63, 3.8) is 0 Å². The number of nitro groups is 1. The number of hydrogen-bond acceptors (Lipinski definition) is 7. The third-order valence-electron chi connectivity index (χ3n) is 5.90. The summed E-state index contributed by atoms with van der Waals surface area (Å²) < 4.78 is 6.32. The third-order valence-corrected chi connectivity index (χ3v) is 5.90. The van der Waals surface area contributed by atoms with Crippen LogP contribution in [0, 0.1) is 10.1 Å². The number of urea groups is 1. The maximum atomic E-state index is 12.8. The number of benzene rings is 2. The molecule has 1 aliphatic heterocycles. The van der Waals surface area contributed by atoms with Crippen molar-refractivity contribution in [1.29, 1.82) is 0 Å². The number of rotatable bonds is 9. The number of carbonyl (C=O) groups excluding carboxylic acids is 3. The number of hydrazine groups is 1. The van der Waals surface area contributed by atoms with Gasteiger partial charge >= 0.3 is 11.8 Å². The van der Waals surface area contributed by atoms with Gasteiger partial charge < -0.3 is 9.73 Å². The topological polar surface area (TPSA) is 157 Å². The van der Waals surface area contributed by atoms with Crippen LogP contribution in [0.25, 0.3) is 11.1 Å². The number of fused-ring (bicyclic) bond motifs is 1. The second kappa shape index (κ2) is 9.41. The molecule has 0 aliphatic carbocycles. The van der Waals surface area contributed by atoms with Crippen LogP contribution < -0.4 is 16.5 Å². The van der Waals surface area contributed by atoms with Crippen molar-refractivity contribution in [3.8, 4) is 0 Å². The first-order valence-electron chi connectivity index (χ1n) is 11.0. The summed E-state index contributed by atoms with van der Waals surface area (Å²) in [6, 6.07) is 12.6. The maximum absolute atomic E-state index is 12.8. The summed E-state index contributed by atoms with van der Waals surface area (Å²) in [5, 5.41) is 14.2. The molecule has 0 spiro atoms. The molecular formula is C23H23N5O7. The highest BCUT2D eigenvalue weighted by atomic mass is 16.6. The highest BCUT2D eigenvalue weighted by Gasteiger charge is 2.48. The Morgan fingerprint density at radius 2 is 1.91 bits per heavy atom. The van der Waals surface area contributed by atoms with Gasteiger partial charge in [-0.3, -0.25) is 29.7 Å². The Morgan fingerprint density at radius 1 is 1.17 bits per heavy atom. The molecule has 182 valence electrons. The number of imide groups is 1. The number of amides is 4. The summed E-state index contributed by atoms with van der Waals surface area (Å²) in [4.78, 5) is 60.0. The predicted octanol–water partition coefficient (Wildman–Crippen LogP) is 2.26. The molecule has 1 aromatic heterocycles. The average molecular weight is 481 g/mol. The van der Waals surface area contributed by atoms with E-state index in [4.69, 9.17) is 4.42 Å². The molecular weight excluding hydrogens is 458 g/mol. The monoisotopic (exact) mass is 481 g/mol. The van der Waals surface area contributed by atoms with Gasteiger partial charge in [0.2, 0.25) is 5.91 Å². The van der Waals surface area contributed by atoms with Crippen molar-refractivity contribution < 1.29 is 23.7 Å². The van der Waals surface area contributed by atoms with Crippen molar-refractivity contribution in [1.82, 2.24) is 20.3 Å². The van der Waals surface area contributed by atoms with Gasteiger partial charge in [0, 0.05) is 19.0 Å². The lowest BCUT2D eigenvalue weighted by Crippen LogP contribution is -2.48. The summed E-state index contributed by atoms with van der Waals surface area (Å²) in [5.74, 6) is -1.83. The van der Waals surface area contributed by atoms with Crippen molar-refractivity contribution in [2.45, 2.75) is 44.7 Å². The number of nitrogens with one attached hydrogen (secondary N) is 2. The van der Waals surface area contributed by atoms with Gasteiger partial charge in [0.1, 0.15) is 5.54 Å². The zero-order chi connectivity index (χ0) is 25.2. The number of oxazole rings is 1. The van der Waals surface area contributed by atoms with Gasteiger partial charge in [-0.1, -0.05) is 30.3 Å². The number of nitrogens with zero attached hydrogens (tertiary/aromatic N) is 3. The number of aromatic nitrogens is 1. The molecule has 2 heterocycles. The normalized spacial score (nSPS) is 17.6. The van der Waals surface area contributed by atoms with E-state index in [2.05, 4.69) is 10.7 Å².